The highest BCUT2D eigenvalue weighted by Gasteiger charge is 1.97. The van der Waals surface area contributed by atoms with E-state index in [9.17, 15) is 31.6 Å². The van der Waals surface area contributed by atoms with Gasteiger partial charge in [-0.1, -0.05) is 0 Å². The van der Waals surface area contributed by atoms with E-state index in [2.05, 4.69) is 4.13 Å². The fourth-order valence-electron chi connectivity index (χ4n) is 0.266. The predicted octanol–water partition coefficient (Wildman–Crippen LogP) is -2.44. The van der Waals surface area contributed by atoms with Crippen LogP contribution in [-0.4, -0.2) is 24.9 Å². The molecule has 0 aromatic carbocycles. The van der Waals surface area contributed by atoms with Crippen molar-refractivity contribution in [2.45, 2.75) is 0 Å². The summed E-state index contributed by atoms with van der Waals surface area (Å²) in [6.07, 6.45) is -5.04. The molecule has 0 aromatic heterocycles. The Morgan fingerprint density at radius 2 is 1.79 bits per heavy atom. The first-order chi connectivity index (χ1) is 6.23. The highest BCUT2D eigenvalue weighted by molar-refractivity contribution is 8.08. The van der Waals surface area contributed by atoms with Gasteiger partial charge >= 0.3 is 0 Å². The average molecular weight is 248 g/mol. The quantitative estimate of drug-likeness (QED) is 0.402. The predicted molar refractivity (Wildman–Crippen MR) is 37.5 cm³/mol. The normalized spacial score (nSPS) is 16.7. The fraction of sp³-hybridized carbons (Fsp3) is 0. The third kappa shape index (κ3) is 6.38. The number of rotatable bonds is 4. The Kier molecular flexibility index (Phi) is 4.52. The summed E-state index contributed by atoms with van der Waals surface area (Å²) in [4.78, 5) is 0. The van der Waals surface area contributed by atoms with Crippen LogP contribution in [0.2, 0.25) is 0 Å². The van der Waals surface area contributed by atoms with Crippen LogP contribution in [0.5, 0.6) is 0 Å². The van der Waals surface area contributed by atoms with Crippen molar-refractivity contribution in [3.8, 4) is 0 Å². The maximum Gasteiger partial charge on any atom is 0.189 e. The molecule has 0 spiro atoms. The van der Waals surface area contributed by atoms with Gasteiger partial charge in [0.15, 0.2) is 22.5 Å². The van der Waals surface area contributed by atoms with Gasteiger partial charge in [0.1, 0.15) is 0 Å². The Hall–Kier alpha value is -1.14. The molecule has 0 aromatic rings. The summed E-state index contributed by atoms with van der Waals surface area (Å²) >= 11 is -3.11. The Bertz CT molecular complexity index is 380. The molecule has 0 amide bonds. The lowest BCUT2D eigenvalue weighted by Crippen LogP contribution is -2.14. The second-order valence-electron chi connectivity index (χ2n) is 1.44. The van der Waals surface area contributed by atoms with Gasteiger partial charge < -0.3 is 14.3 Å². The number of hydrogen-bond donors (Lipinski definition) is 0. The second-order valence-corrected chi connectivity index (χ2v) is 3.76. The molecule has 0 saturated heterocycles. The van der Waals surface area contributed by atoms with Crippen LogP contribution in [0.15, 0.2) is 8.80 Å². The van der Waals surface area contributed by atoms with E-state index in [-0.39, 0.29) is 0 Å². The van der Waals surface area contributed by atoms with Crippen LogP contribution in [0.1, 0.15) is 0 Å². The van der Waals surface area contributed by atoms with Gasteiger partial charge in [-0.2, -0.15) is 8.80 Å². The average Bonchev–Trinajstić information content (AvgIpc) is 1.77. The zero-order valence-electron chi connectivity index (χ0n) is 5.96. The second kappa shape index (κ2) is 4.92. The van der Waals surface area contributed by atoms with Crippen molar-refractivity contribution in [3.63, 3.8) is 0 Å². The third-order valence-electron chi connectivity index (χ3n) is 0.495. The lowest BCUT2D eigenvalue weighted by molar-refractivity contribution is -0.233. The van der Waals surface area contributed by atoms with Crippen LogP contribution < -0.4 is 10.2 Å². The molecule has 0 N–H and O–H groups in total. The Morgan fingerprint density at radius 3 is 2.14 bits per heavy atom. The summed E-state index contributed by atoms with van der Waals surface area (Å²) < 4.78 is 59.6. The monoisotopic (exact) mass is 248 g/mol. The van der Waals surface area contributed by atoms with Crippen LogP contribution in [0.25, 0.3) is 4.13 Å². The molecule has 0 rings (SSSR count). The first kappa shape index (κ1) is 12.9. The summed E-state index contributed by atoms with van der Waals surface area (Å²) in [5.41, 5.74) is 0. The van der Waals surface area contributed by atoms with Crippen molar-refractivity contribution in [3.05, 3.63) is 4.13 Å². The molecular weight excluding hydrogens is 248 g/mol. The van der Waals surface area contributed by atoms with Crippen molar-refractivity contribution in [2.75, 3.05) is 0 Å². The Morgan fingerprint density at radius 1 is 1.29 bits per heavy atom. The smallest absolute Gasteiger partial charge is 0.189 e. The molecule has 12 heteroatoms. The molecule has 0 aliphatic carbocycles. The van der Waals surface area contributed by atoms with Gasteiger partial charge in [0.2, 0.25) is 0 Å². The zero-order chi connectivity index (χ0) is 11.4. The van der Waals surface area contributed by atoms with E-state index in [1.165, 1.54) is 0 Å². The molecule has 0 saturated carbocycles. The van der Waals surface area contributed by atoms with Crippen molar-refractivity contribution in [1.82, 2.24) is 0 Å². The molecule has 1 unspecified atom stereocenters. The molecule has 82 valence electrons. The molecule has 0 aliphatic heterocycles. The van der Waals surface area contributed by atoms with Gasteiger partial charge in [0.25, 0.3) is 0 Å². The van der Waals surface area contributed by atoms with Crippen LogP contribution in [0.3, 0.4) is 0 Å². The minimum atomic E-state index is -5.01. The van der Waals surface area contributed by atoms with E-state index < -0.39 is 33.7 Å². The minimum Gasteiger partial charge on any atom is -0.836 e. The van der Waals surface area contributed by atoms with Crippen LogP contribution in [0, 0.1) is 0 Å². The van der Waals surface area contributed by atoms with E-state index in [1.807, 2.05) is 4.40 Å². The molecule has 1 atom stereocenters. The fourth-order valence-corrected chi connectivity index (χ4v) is 1.48. The van der Waals surface area contributed by atoms with Gasteiger partial charge in [-0.15, -0.1) is 0 Å². The van der Waals surface area contributed by atoms with E-state index in [0.717, 1.165) is 0 Å². The summed E-state index contributed by atoms with van der Waals surface area (Å²) in [6.45, 7) is 0. The summed E-state index contributed by atoms with van der Waals surface area (Å²) in [5, 5.41) is 19.0. The number of hydrogen-bond acceptors (Lipinski definition) is 5. The standard InChI is InChI=1S/C2H2F2N3O5S2/c3-1(8)5-13(10)7-14(11,12)6-2(4)9/h(H,5,8)(H,6,9)/q-1/p-2. The van der Waals surface area contributed by atoms with Crippen LogP contribution in [-0.2, 0) is 21.4 Å². The van der Waals surface area contributed by atoms with Crippen molar-refractivity contribution >= 4 is 33.7 Å². The third-order valence-corrected chi connectivity index (χ3v) is 2.43. The van der Waals surface area contributed by atoms with Crippen LogP contribution in [0.4, 0.5) is 8.78 Å². The number of halogens is 2. The van der Waals surface area contributed by atoms with Crippen molar-refractivity contribution in [2.24, 2.45) is 8.80 Å². The maximum atomic E-state index is 11.4. The van der Waals surface area contributed by atoms with Crippen LogP contribution >= 0.6 is 0 Å². The van der Waals surface area contributed by atoms with Gasteiger partial charge in [0, 0.05) is 0 Å². The summed E-state index contributed by atoms with van der Waals surface area (Å²) in [7, 11) is -5.01. The van der Waals surface area contributed by atoms with E-state index in [0.29, 0.717) is 0 Å². The van der Waals surface area contributed by atoms with E-state index in [1.54, 1.807) is 4.40 Å². The Balaban J connectivity index is 4.63. The Labute approximate surface area is 78.9 Å². The molecule has 0 radical (unpaired) electrons. The molecular formula is C2F2N3O5S2-3. The highest BCUT2D eigenvalue weighted by atomic mass is 32.3. The van der Waals surface area contributed by atoms with Gasteiger partial charge in [0.05, 0.1) is 11.2 Å². The van der Waals surface area contributed by atoms with Gasteiger partial charge in [-0.3, -0.25) is 4.21 Å². The maximum absolute atomic E-state index is 11.4. The molecule has 0 aliphatic rings. The zero-order valence-corrected chi connectivity index (χ0v) is 7.59. The molecule has 8 nitrogen and oxygen atoms in total. The summed E-state index contributed by atoms with van der Waals surface area (Å²) in [5.74, 6) is 0. The molecule has 0 heterocycles. The van der Waals surface area contributed by atoms with Crippen molar-refractivity contribution in [1.29, 1.82) is 0 Å². The number of nitrogens with zero attached hydrogens (tertiary/aromatic N) is 3. The largest absolute Gasteiger partial charge is 0.836 e. The van der Waals surface area contributed by atoms with Gasteiger partial charge in [-0.05, 0) is 0 Å². The van der Waals surface area contributed by atoms with Crippen molar-refractivity contribution < 1.29 is 31.6 Å². The molecule has 0 fully saturated rings. The lowest BCUT2D eigenvalue weighted by Gasteiger charge is -2.13. The SMILES string of the molecule is O=S(/N=C(\[O-])F)[N-]S(=O)(=O)/N=C(\[O-])F. The highest BCUT2D eigenvalue weighted by Crippen LogP contribution is 2.09. The van der Waals surface area contributed by atoms with E-state index >= 15 is 0 Å². The first-order valence-electron chi connectivity index (χ1n) is 2.46. The molecule has 0 bridgehead atoms. The first-order valence-corrected chi connectivity index (χ1v) is 4.92. The minimum absolute atomic E-state index is 1.77. The summed E-state index contributed by atoms with van der Waals surface area (Å²) in [6, 6.07) is 0. The lowest BCUT2D eigenvalue weighted by atomic mass is 11.5. The van der Waals surface area contributed by atoms with E-state index in [4.69, 9.17) is 0 Å². The topological polar surface area (TPSA) is 136 Å². The van der Waals surface area contributed by atoms with Gasteiger partial charge in [-0.25, -0.2) is 17.2 Å². The molecule has 14 heavy (non-hydrogen) atoms.